The monoisotopic (exact) mass is 346 g/mol. The summed E-state index contributed by atoms with van der Waals surface area (Å²) in [4.78, 5) is 25.8. The molecule has 6 heteroatoms. The summed E-state index contributed by atoms with van der Waals surface area (Å²) in [6.45, 7) is 2.03. The van der Waals surface area contributed by atoms with E-state index in [0.717, 1.165) is 44.5 Å². The first-order valence-electron chi connectivity index (χ1n) is 9.07. The molecule has 2 heterocycles. The molecule has 0 radical (unpaired) electrons. The number of hydrogen-bond donors (Lipinski definition) is 1. The highest BCUT2D eigenvalue weighted by Gasteiger charge is 2.28. The molecule has 3 rings (SSSR count). The van der Waals surface area contributed by atoms with Gasteiger partial charge in [0.1, 0.15) is 12.4 Å². The molecule has 2 saturated heterocycles. The van der Waals surface area contributed by atoms with Gasteiger partial charge in [-0.1, -0.05) is 0 Å². The molecular formula is C19H26N2O4. The Morgan fingerprint density at radius 3 is 2.64 bits per heavy atom. The molecule has 0 saturated carbocycles. The van der Waals surface area contributed by atoms with E-state index in [4.69, 9.17) is 15.2 Å². The van der Waals surface area contributed by atoms with Crippen molar-refractivity contribution in [2.24, 2.45) is 5.73 Å². The molecule has 2 amide bonds. The number of likely N-dealkylation sites (tertiary alicyclic amines) is 1. The molecule has 1 aromatic carbocycles. The van der Waals surface area contributed by atoms with E-state index >= 15 is 0 Å². The van der Waals surface area contributed by atoms with Crippen LogP contribution in [0, 0.1) is 0 Å². The third-order valence-corrected chi connectivity index (χ3v) is 4.89. The van der Waals surface area contributed by atoms with Gasteiger partial charge < -0.3 is 20.1 Å². The van der Waals surface area contributed by atoms with Gasteiger partial charge in [0.05, 0.1) is 6.10 Å². The van der Waals surface area contributed by atoms with Crippen LogP contribution < -0.4 is 10.5 Å². The number of benzene rings is 1. The molecule has 0 bridgehead atoms. The lowest BCUT2D eigenvalue weighted by atomic mass is 9.98. The summed E-state index contributed by atoms with van der Waals surface area (Å²) in [6.07, 6.45) is 5.34. The SMILES string of the molecule is NC(=O)C[C@H]1CCCCN1C(=O)c1ccc(OC[C@H]2CCCO2)cc1. The maximum absolute atomic E-state index is 12.8. The standard InChI is InChI=1S/C19H26N2O4/c20-18(22)12-15-4-1-2-10-21(15)19(23)14-6-8-16(9-7-14)25-13-17-5-3-11-24-17/h6-9,15,17H,1-5,10-13H2,(H2,20,22)/t15-,17-/m1/s1. The van der Waals surface area contributed by atoms with Crippen molar-refractivity contribution in [1.29, 1.82) is 0 Å². The van der Waals surface area contributed by atoms with Crippen LogP contribution in [-0.4, -0.2) is 48.6 Å². The highest BCUT2D eigenvalue weighted by atomic mass is 16.5. The first kappa shape index (κ1) is 17.7. The Morgan fingerprint density at radius 2 is 1.96 bits per heavy atom. The van der Waals surface area contributed by atoms with Gasteiger partial charge in [-0.2, -0.15) is 0 Å². The number of carbonyl (C=O) groups excluding carboxylic acids is 2. The Kier molecular flexibility index (Phi) is 5.91. The van der Waals surface area contributed by atoms with Crippen molar-refractivity contribution in [3.05, 3.63) is 29.8 Å². The number of piperidine rings is 1. The smallest absolute Gasteiger partial charge is 0.254 e. The Bertz CT molecular complexity index is 596. The summed E-state index contributed by atoms with van der Waals surface area (Å²) in [6, 6.07) is 7.10. The van der Waals surface area contributed by atoms with Crippen LogP contribution in [0.4, 0.5) is 0 Å². The van der Waals surface area contributed by atoms with Crippen LogP contribution in [0.1, 0.15) is 48.9 Å². The average molecular weight is 346 g/mol. The first-order chi connectivity index (χ1) is 12.1. The zero-order valence-electron chi connectivity index (χ0n) is 14.5. The van der Waals surface area contributed by atoms with Crippen molar-refractivity contribution in [3.8, 4) is 5.75 Å². The number of amides is 2. The molecule has 0 aliphatic carbocycles. The lowest BCUT2D eigenvalue weighted by molar-refractivity contribution is -0.119. The molecule has 0 aromatic heterocycles. The molecule has 2 aliphatic heterocycles. The molecule has 0 unspecified atom stereocenters. The van der Waals surface area contributed by atoms with Gasteiger partial charge in [-0.15, -0.1) is 0 Å². The van der Waals surface area contributed by atoms with E-state index in [0.29, 0.717) is 18.7 Å². The second-order valence-corrected chi connectivity index (χ2v) is 6.79. The topological polar surface area (TPSA) is 81.9 Å². The van der Waals surface area contributed by atoms with E-state index in [-0.39, 0.29) is 30.4 Å². The van der Waals surface area contributed by atoms with Gasteiger partial charge in [-0.25, -0.2) is 0 Å². The number of carbonyl (C=O) groups is 2. The maximum atomic E-state index is 12.8. The van der Waals surface area contributed by atoms with Crippen molar-refractivity contribution in [1.82, 2.24) is 4.90 Å². The number of ether oxygens (including phenoxy) is 2. The molecule has 2 atom stereocenters. The van der Waals surface area contributed by atoms with E-state index in [1.807, 2.05) is 12.1 Å². The summed E-state index contributed by atoms with van der Waals surface area (Å²) in [7, 11) is 0. The largest absolute Gasteiger partial charge is 0.491 e. The summed E-state index contributed by atoms with van der Waals surface area (Å²) in [5, 5.41) is 0. The fourth-order valence-electron chi connectivity index (χ4n) is 3.54. The van der Waals surface area contributed by atoms with Crippen molar-refractivity contribution in [3.63, 3.8) is 0 Å². The van der Waals surface area contributed by atoms with Crippen LogP contribution in [0.5, 0.6) is 5.75 Å². The van der Waals surface area contributed by atoms with Gasteiger partial charge in [0.25, 0.3) is 5.91 Å². The second-order valence-electron chi connectivity index (χ2n) is 6.79. The fourth-order valence-corrected chi connectivity index (χ4v) is 3.54. The summed E-state index contributed by atoms with van der Waals surface area (Å²) >= 11 is 0. The molecule has 1 aromatic rings. The minimum Gasteiger partial charge on any atom is -0.491 e. The minimum absolute atomic E-state index is 0.0448. The number of nitrogens with two attached hydrogens (primary N) is 1. The minimum atomic E-state index is -0.359. The molecule has 2 N–H and O–H groups in total. The molecule has 2 aliphatic rings. The van der Waals surface area contributed by atoms with Gasteiger partial charge in [0.2, 0.25) is 5.91 Å². The van der Waals surface area contributed by atoms with Gasteiger partial charge in [0, 0.05) is 31.2 Å². The molecule has 2 fully saturated rings. The van der Waals surface area contributed by atoms with E-state index in [1.54, 1.807) is 17.0 Å². The van der Waals surface area contributed by atoms with Gasteiger partial charge in [0.15, 0.2) is 0 Å². The van der Waals surface area contributed by atoms with Crippen molar-refractivity contribution in [2.75, 3.05) is 19.8 Å². The Morgan fingerprint density at radius 1 is 1.16 bits per heavy atom. The first-order valence-corrected chi connectivity index (χ1v) is 9.07. The zero-order chi connectivity index (χ0) is 17.6. The summed E-state index contributed by atoms with van der Waals surface area (Å²) in [5.41, 5.74) is 5.94. The van der Waals surface area contributed by atoms with Crippen molar-refractivity contribution < 1.29 is 19.1 Å². The molecular weight excluding hydrogens is 320 g/mol. The van der Waals surface area contributed by atoms with E-state index in [2.05, 4.69) is 0 Å². The van der Waals surface area contributed by atoms with E-state index < -0.39 is 0 Å². The summed E-state index contributed by atoms with van der Waals surface area (Å²) < 4.78 is 11.3. The zero-order valence-corrected chi connectivity index (χ0v) is 14.5. The molecule has 0 spiro atoms. The van der Waals surface area contributed by atoms with Crippen molar-refractivity contribution >= 4 is 11.8 Å². The lowest BCUT2D eigenvalue weighted by Gasteiger charge is -2.35. The molecule has 25 heavy (non-hydrogen) atoms. The predicted octanol–water partition coefficient (Wildman–Crippen LogP) is 2.11. The molecule has 136 valence electrons. The number of primary amides is 1. The van der Waals surface area contributed by atoms with Crippen molar-refractivity contribution in [2.45, 2.75) is 50.7 Å². The third-order valence-electron chi connectivity index (χ3n) is 4.89. The van der Waals surface area contributed by atoms with Crippen LogP contribution in [0.3, 0.4) is 0 Å². The number of hydrogen-bond acceptors (Lipinski definition) is 4. The third kappa shape index (κ3) is 4.72. The van der Waals surface area contributed by atoms with Crippen LogP contribution in [0.2, 0.25) is 0 Å². The van der Waals surface area contributed by atoms with Gasteiger partial charge in [-0.3, -0.25) is 9.59 Å². The van der Waals surface area contributed by atoms with Gasteiger partial charge >= 0.3 is 0 Å². The highest BCUT2D eigenvalue weighted by Crippen LogP contribution is 2.23. The second kappa shape index (κ2) is 8.34. The fraction of sp³-hybridized carbons (Fsp3) is 0.579. The Balaban J connectivity index is 1.59. The maximum Gasteiger partial charge on any atom is 0.254 e. The van der Waals surface area contributed by atoms with Gasteiger partial charge in [-0.05, 0) is 56.4 Å². The van der Waals surface area contributed by atoms with Crippen LogP contribution >= 0.6 is 0 Å². The highest BCUT2D eigenvalue weighted by molar-refractivity contribution is 5.95. The van der Waals surface area contributed by atoms with Crippen LogP contribution in [0.25, 0.3) is 0 Å². The molecule has 6 nitrogen and oxygen atoms in total. The Labute approximate surface area is 148 Å². The number of rotatable bonds is 6. The van der Waals surface area contributed by atoms with E-state index in [1.165, 1.54) is 0 Å². The van der Waals surface area contributed by atoms with Crippen LogP contribution in [-0.2, 0) is 9.53 Å². The Hall–Kier alpha value is -2.08. The van der Waals surface area contributed by atoms with Crippen LogP contribution in [0.15, 0.2) is 24.3 Å². The average Bonchev–Trinajstić information content (AvgIpc) is 3.13. The predicted molar refractivity (Wildman–Crippen MR) is 93.4 cm³/mol. The lowest BCUT2D eigenvalue weighted by Crippen LogP contribution is -2.45. The number of nitrogens with zero attached hydrogens (tertiary/aromatic N) is 1. The quantitative estimate of drug-likeness (QED) is 0.855. The van der Waals surface area contributed by atoms with E-state index in [9.17, 15) is 9.59 Å². The normalized spacial score (nSPS) is 23.4. The summed E-state index contributed by atoms with van der Waals surface area (Å²) in [5.74, 6) is 0.332.